The van der Waals surface area contributed by atoms with Gasteiger partial charge in [-0.3, -0.25) is 13.9 Å². The summed E-state index contributed by atoms with van der Waals surface area (Å²) in [6.07, 6.45) is 1.34. The Morgan fingerprint density at radius 1 is 0.925 bits per heavy atom. The largest absolute Gasteiger partial charge is 0.350 e. The molecule has 3 aromatic rings. The van der Waals surface area contributed by atoms with Gasteiger partial charge in [-0.05, 0) is 74.7 Å². The van der Waals surface area contributed by atoms with Crippen LogP contribution in [0, 0.1) is 6.92 Å². The summed E-state index contributed by atoms with van der Waals surface area (Å²) in [6.45, 7) is 7.16. The molecule has 0 radical (unpaired) electrons. The molecule has 0 heterocycles. The molecule has 0 spiro atoms. The minimum absolute atomic E-state index is 0.123. The number of carbonyl (C=O) groups excluding carboxylic acids is 2. The van der Waals surface area contributed by atoms with Gasteiger partial charge < -0.3 is 10.2 Å². The number of nitrogens with zero attached hydrogens (tertiary/aromatic N) is 2. The normalized spacial score (nSPS) is 12.5. The van der Waals surface area contributed by atoms with Crippen LogP contribution in [0.5, 0.6) is 0 Å². The molecule has 0 aliphatic heterocycles. The van der Waals surface area contributed by atoms with E-state index in [0.29, 0.717) is 5.69 Å². The fraction of sp³-hybridized carbons (Fsp3) is 0.333. The molecule has 1 N–H and O–H groups in total. The van der Waals surface area contributed by atoms with Gasteiger partial charge in [0.25, 0.3) is 0 Å². The summed E-state index contributed by atoms with van der Waals surface area (Å²) in [6, 6.07) is 21.2. The topological polar surface area (TPSA) is 86.8 Å². The number of amides is 2. The van der Waals surface area contributed by atoms with E-state index in [1.54, 1.807) is 18.2 Å². The maximum Gasteiger partial charge on any atom is 0.244 e. The summed E-state index contributed by atoms with van der Waals surface area (Å²) in [5.41, 5.74) is 2.36. The molecule has 0 aromatic heterocycles. The van der Waals surface area contributed by atoms with Gasteiger partial charge in [-0.2, -0.15) is 0 Å². The van der Waals surface area contributed by atoms with Crippen molar-refractivity contribution in [2.45, 2.75) is 52.2 Å². The number of hydrogen-bond acceptors (Lipinski definition) is 4. The SMILES string of the molecule is Cc1cc(N(CC(=O)N(Cc2ccc(Br)cc2)[C@H](Cc2ccccc2)C(=O)NC(C)(C)C)S(C)(=O)=O)ccc1Br. The van der Waals surface area contributed by atoms with Crippen LogP contribution in [0.2, 0.25) is 0 Å². The fourth-order valence-electron chi connectivity index (χ4n) is 4.19. The number of benzene rings is 3. The van der Waals surface area contributed by atoms with Crippen LogP contribution in [0.15, 0.2) is 81.7 Å². The lowest BCUT2D eigenvalue weighted by molar-refractivity contribution is -0.140. The first-order valence-corrected chi connectivity index (χ1v) is 16.2. The molecule has 214 valence electrons. The van der Waals surface area contributed by atoms with Crippen molar-refractivity contribution in [1.29, 1.82) is 0 Å². The van der Waals surface area contributed by atoms with Crippen molar-refractivity contribution in [1.82, 2.24) is 10.2 Å². The summed E-state index contributed by atoms with van der Waals surface area (Å²) in [7, 11) is -3.82. The number of aryl methyl sites for hydroxylation is 1. The lowest BCUT2D eigenvalue weighted by Gasteiger charge is -2.35. The molecule has 0 aliphatic rings. The molecule has 0 unspecified atom stereocenters. The maximum absolute atomic E-state index is 14.1. The van der Waals surface area contributed by atoms with Crippen molar-refractivity contribution < 1.29 is 18.0 Å². The van der Waals surface area contributed by atoms with Crippen LogP contribution in [-0.2, 0) is 32.6 Å². The zero-order chi connectivity index (χ0) is 29.7. The number of rotatable bonds is 10. The number of halogens is 2. The van der Waals surface area contributed by atoms with Crippen molar-refractivity contribution in [3.05, 3.63) is 98.4 Å². The Morgan fingerprint density at radius 2 is 1.55 bits per heavy atom. The number of hydrogen-bond donors (Lipinski definition) is 1. The Labute approximate surface area is 254 Å². The molecule has 10 heteroatoms. The molecule has 0 fully saturated rings. The number of carbonyl (C=O) groups is 2. The van der Waals surface area contributed by atoms with Crippen LogP contribution in [0.3, 0.4) is 0 Å². The van der Waals surface area contributed by atoms with E-state index >= 15 is 0 Å². The quantitative estimate of drug-likeness (QED) is 0.289. The van der Waals surface area contributed by atoms with Crippen molar-refractivity contribution in [2.75, 3.05) is 17.1 Å². The lowest BCUT2D eigenvalue weighted by atomic mass is 10.0. The molecule has 7 nitrogen and oxygen atoms in total. The van der Waals surface area contributed by atoms with Crippen LogP contribution >= 0.6 is 31.9 Å². The third-order valence-corrected chi connectivity index (χ3v) is 8.70. The van der Waals surface area contributed by atoms with Crippen molar-refractivity contribution >= 4 is 59.4 Å². The minimum Gasteiger partial charge on any atom is -0.350 e. The molecule has 3 aromatic carbocycles. The van der Waals surface area contributed by atoms with Gasteiger partial charge in [0.05, 0.1) is 11.9 Å². The van der Waals surface area contributed by atoms with Gasteiger partial charge in [-0.25, -0.2) is 8.42 Å². The summed E-state index contributed by atoms with van der Waals surface area (Å²) in [4.78, 5) is 29.3. The van der Waals surface area contributed by atoms with E-state index in [9.17, 15) is 18.0 Å². The molecule has 3 rings (SSSR count). The third-order valence-electron chi connectivity index (χ3n) is 6.14. The smallest absolute Gasteiger partial charge is 0.244 e. The van der Waals surface area contributed by atoms with Gasteiger partial charge in [-0.15, -0.1) is 0 Å². The van der Waals surface area contributed by atoms with Gasteiger partial charge in [0.2, 0.25) is 21.8 Å². The van der Waals surface area contributed by atoms with E-state index in [1.807, 2.05) is 82.3 Å². The van der Waals surface area contributed by atoms with Crippen LogP contribution in [0.25, 0.3) is 0 Å². The highest BCUT2D eigenvalue weighted by Gasteiger charge is 2.34. The zero-order valence-electron chi connectivity index (χ0n) is 23.3. The Balaban J connectivity index is 2.08. The highest BCUT2D eigenvalue weighted by molar-refractivity contribution is 9.10. The monoisotopic (exact) mass is 691 g/mol. The van der Waals surface area contributed by atoms with Crippen LogP contribution in [0.4, 0.5) is 5.69 Å². The second-order valence-corrected chi connectivity index (χ2v) is 14.5. The summed E-state index contributed by atoms with van der Waals surface area (Å²) >= 11 is 6.88. The second kappa shape index (κ2) is 13.3. The molecule has 0 saturated carbocycles. The first-order valence-electron chi connectivity index (χ1n) is 12.8. The van der Waals surface area contributed by atoms with Gasteiger partial charge in [0.1, 0.15) is 12.6 Å². The molecule has 2 amide bonds. The van der Waals surface area contributed by atoms with Crippen LogP contribution in [-0.4, -0.2) is 49.5 Å². The first kappa shape index (κ1) is 31.8. The predicted molar refractivity (Wildman–Crippen MR) is 168 cm³/mol. The van der Waals surface area contributed by atoms with E-state index in [-0.39, 0.29) is 18.9 Å². The first-order chi connectivity index (χ1) is 18.6. The molecular formula is C30H35Br2N3O4S. The van der Waals surface area contributed by atoms with Crippen LogP contribution < -0.4 is 9.62 Å². The Bertz CT molecular complexity index is 1440. The van der Waals surface area contributed by atoms with Crippen LogP contribution in [0.1, 0.15) is 37.5 Å². The molecule has 0 aliphatic carbocycles. The predicted octanol–water partition coefficient (Wildman–Crippen LogP) is 5.84. The summed E-state index contributed by atoms with van der Waals surface area (Å²) in [5, 5.41) is 3.02. The van der Waals surface area contributed by atoms with Gasteiger partial charge in [0, 0.05) is 27.4 Å². The average Bonchev–Trinajstić information content (AvgIpc) is 2.86. The molecule has 0 saturated heterocycles. The van der Waals surface area contributed by atoms with Crippen molar-refractivity contribution in [3.8, 4) is 0 Å². The molecule has 0 bridgehead atoms. The van der Waals surface area contributed by atoms with Gasteiger partial charge in [-0.1, -0.05) is 74.3 Å². The number of anilines is 1. The minimum atomic E-state index is -3.82. The Kier molecular flexibility index (Phi) is 10.6. The fourth-order valence-corrected chi connectivity index (χ4v) is 5.54. The highest BCUT2D eigenvalue weighted by atomic mass is 79.9. The van der Waals surface area contributed by atoms with E-state index in [1.165, 1.54) is 4.90 Å². The summed E-state index contributed by atoms with van der Waals surface area (Å²) < 4.78 is 28.6. The number of sulfonamides is 1. The molecule has 1 atom stereocenters. The maximum atomic E-state index is 14.1. The zero-order valence-corrected chi connectivity index (χ0v) is 27.3. The van der Waals surface area contributed by atoms with Gasteiger partial charge >= 0.3 is 0 Å². The lowest BCUT2D eigenvalue weighted by Crippen LogP contribution is -2.56. The highest BCUT2D eigenvalue weighted by Crippen LogP contribution is 2.26. The van der Waals surface area contributed by atoms with E-state index in [2.05, 4.69) is 37.2 Å². The molecule has 40 heavy (non-hydrogen) atoms. The van der Waals surface area contributed by atoms with Crippen molar-refractivity contribution in [2.24, 2.45) is 0 Å². The number of nitrogens with one attached hydrogen (secondary N) is 1. The van der Waals surface area contributed by atoms with Gasteiger partial charge in [0.15, 0.2) is 0 Å². The van der Waals surface area contributed by atoms with E-state index in [4.69, 9.17) is 0 Å². The van der Waals surface area contributed by atoms with E-state index in [0.717, 1.165) is 36.2 Å². The Morgan fingerprint density at radius 3 is 2.10 bits per heavy atom. The second-order valence-electron chi connectivity index (χ2n) is 10.8. The average molecular weight is 694 g/mol. The Hall–Kier alpha value is -2.69. The standard InChI is InChI=1S/C30H35Br2N3O4S/c1-21-17-25(15-16-26(21)32)35(40(5,38)39)20-28(36)34(19-23-11-13-24(31)14-12-23)27(29(37)33-30(2,3)4)18-22-9-7-6-8-10-22/h6-17,27H,18-20H2,1-5H3,(H,33,37)/t27-/m1/s1. The van der Waals surface area contributed by atoms with Crippen molar-refractivity contribution in [3.63, 3.8) is 0 Å². The third kappa shape index (κ3) is 9.17. The summed E-state index contributed by atoms with van der Waals surface area (Å²) in [5.74, 6) is -0.800. The molecular weight excluding hydrogens is 658 g/mol. The van der Waals surface area contributed by atoms with E-state index < -0.39 is 34.1 Å².